The summed E-state index contributed by atoms with van der Waals surface area (Å²) in [5.41, 5.74) is 3.43. The molecule has 2 aromatic rings. The summed E-state index contributed by atoms with van der Waals surface area (Å²) < 4.78 is 5.81. The lowest BCUT2D eigenvalue weighted by molar-refractivity contribution is -0.135. The van der Waals surface area contributed by atoms with Crippen molar-refractivity contribution in [3.8, 4) is 5.75 Å². The third-order valence-corrected chi connectivity index (χ3v) is 5.34. The molecule has 22 heavy (non-hydrogen) atoms. The number of aryl methyl sites for hydroxylation is 2. The summed E-state index contributed by atoms with van der Waals surface area (Å²) >= 11 is 1.79. The molecule has 1 aliphatic rings. The van der Waals surface area contributed by atoms with Gasteiger partial charge < -0.3 is 9.64 Å². The van der Waals surface area contributed by atoms with Crippen LogP contribution in [0.15, 0.2) is 29.6 Å². The molecule has 0 N–H and O–H groups in total. The van der Waals surface area contributed by atoms with Crippen LogP contribution in [0.5, 0.6) is 5.75 Å². The number of carbonyl (C=O) groups is 1. The summed E-state index contributed by atoms with van der Waals surface area (Å²) in [7, 11) is 0. The van der Waals surface area contributed by atoms with E-state index in [1.807, 2.05) is 36.9 Å². The average Bonchev–Trinajstić information content (AvgIpc) is 2.96. The summed E-state index contributed by atoms with van der Waals surface area (Å²) in [6.45, 7) is 7.00. The van der Waals surface area contributed by atoms with Gasteiger partial charge in [0.05, 0.1) is 6.04 Å². The van der Waals surface area contributed by atoms with Crippen molar-refractivity contribution >= 4 is 17.2 Å². The normalized spacial score (nSPS) is 17.2. The van der Waals surface area contributed by atoms with Crippen LogP contribution in [-0.2, 0) is 11.2 Å². The minimum atomic E-state index is 0.0620. The number of hydrogen-bond acceptors (Lipinski definition) is 3. The summed E-state index contributed by atoms with van der Waals surface area (Å²) in [6.07, 6.45) is 0.951. The highest BCUT2D eigenvalue weighted by Gasteiger charge is 2.28. The standard InChI is InChI=1S/C18H21NO2S/c1-12-5-4-6-13(2)18(12)21-11-17(20)19-9-7-16-15(14(19)3)8-10-22-16/h4-6,8,10,14H,7,9,11H2,1-3H3/t14-/m1/s1. The molecule has 0 spiro atoms. The number of rotatable bonds is 3. The van der Waals surface area contributed by atoms with E-state index in [0.717, 1.165) is 29.8 Å². The van der Waals surface area contributed by atoms with E-state index in [1.165, 1.54) is 10.4 Å². The topological polar surface area (TPSA) is 29.5 Å². The smallest absolute Gasteiger partial charge is 0.261 e. The molecule has 0 bridgehead atoms. The molecule has 1 aliphatic heterocycles. The van der Waals surface area contributed by atoms with E-state index < -0.39 is 0 Å². The van der Waals surface area contributed by atoms with Gasteiger partial charge in [-0.05, 0) is 55.3 Å². The van der Waals surface area contributed by atoms with Crippen molar-refractivity contribution in [2.75, 3.05) is 13.2 Å². The highest BCUT2D eigenvalue weighted by molar-refractivity contribution is 7.10. The predicted molar refractivity (Wildman–Crippen MR) is 89.6 cm³/mol. The minimum Gasteiger partial charge on any atom is -0.483 e. The number of amides is 1. The minimum absolute atomic E-state index is 0.0620. The van der Waals surface area contributed by atoms with E-state index in [-0.39, 0.29) is 18.6 Å². The van der Waals surface area contributed by atoms with Gasteiger partial charge in [-0.25, -0.2) is 0 Å². The molecule has 1 aromatic heterocycles. The molecule has 1 atom stereocenters. The second-order valence-corrected chi connectivity index (χ2v) is 6.82. The van der Waals surface area contributed by atoms with E-state index in [4.69, 9.17) is 4.74 Å². The number of carbonyl (C=O) groups excluding carboxylic acids is 1. The van der Waals surface area contributed by atoms with Gasteiger partial charge in [-0.3, -0.25) is 4.79 Å². The first-order chi connectivity index (χ1) is 10.6. The fourth-order valence-corrected chi connectivity index (χ4v) is 4.06. The van der Waals surface area contributed by atoms with Crippen LogP contribution < -0.4 is 4.74 Å². The van der Waals surface area contributed by atoms with Gasteiger partial charge in [0.25, 0.3) is 5.91 Å². The lowest BCUT2D eigenvalue weighted by atomic mass is 10.0. The third-order valence-electron chi connectivity index (χ3n) is 4.35. The Morgan fingerprint density at radius 3 is 2.77 bits per heavy atom. The molecule has 0 saturated carbocycles. The van der Waals surface area contributed by atoms with Crippen LogP contribution in [0.1, 0.15) is 34.5 Å². The zero-order valence-electron chi connectivity index (χ0n) is 13.3. The van der Waals surface area contributed by atoms with Crippen LogP contribution in [0.3, 0.4) is 0 Å². The van der Waals surface area contributed by atoms with Gasteiger partial charge in [-0.1, -0.05) is 18.2 Å². The zero-order chi connectivity index (χ0) is 15.7. The number of nitrogens with zero attached hydrogens (tertiary/aromatic N) is 1. The van der Waals surface area contributed by atoms with Crippen molar-refractivity contribution in [1.82, 2.24) is 4.90 Å². The molecule has 0 radical (unpaired) electrons. The monoisotopic (exact) mass is 315 g/mol. The first-order valence-electron chi connectivity index (χ1n) is 7.62. The number of para-hydroxylation sites is 1. The van der Waals surface area contributed by atoms with Crippen molar-refractivity contribution in [2.45, 2.75) is 33.2 Å². The van der Waals surface area contributed by atoms with Crippen molar-refractivity contribution in [2.24, 2.45) is 0 Å². The SMILES string of the molecule is Cc1cccc(C)c1OCC(=O)N1CCc2sccc2[C@H]1C. The van der Waals surface area contributed by atoms with Crippen LogP contribution in [0.25, 0.3) is 0 Å². The van der Waals surface area contributed by atoms with Crippen LogP contribution in [-0.4, -0.2) is 24.0 Å². The fraction of sp³-hybridized carbons (Fsp3) is 0.389. The Balaban J connectivity index is 1.68. The Labute approximate surface area is 135 Å². The summed E-state index contributed by atoms with van der Waals surface area (Å²) in [4.78, 5) is 15.9. The van der Waals surface area contributed by atoms with E-state index in [9.17, 15) is 4.79 Å². The second kappa shape index (κ2) is 6.13. The summed E-state index contributed by atoms with van der Waals surface area (Å²) in [5, 5.41) is 2.11. The maximum atomic E-state index is 12.5. The molecular formula is C18H21NO2S. The Morgan fingerprint density at radius 1 is 1.32 bits per heavy atom. The van der Waals surface area contributed by atoms with Crippen molar-refractivity contribution in [3.63, 3.8) is 0 Å². The average molecular weight is 315 g/mol. The number of hydrogen-bond donors (Lipinski definition) is 0. The van der Waals surface area contributed by atoms with E-state index in [2.05, 4.69) is 18.4 Å². The number of benzene rings is 1. The molecule has 0 unspecified atom stereocenters. The van der Waals surface area contributed by atoms with E-state index >= 15 is 0 Å². The molecule has 0 saturated heterocycles. The van der Waals surface area contributed by atoms with Gasteiger partial charge in [0.15, 0.2) is 6.61 Å². The first kappa shape index (κ1) is 15.1. The second-order valence-electron chi connectivity index (χ2n) is 5.82. The number of fused-ring (bicyclic) bond motifs is 1. The molecule has 116 valence electrons. The Morgan fingerprint density at radius 2 is 2.05 bits per heavy atom. The molecule has 1 aromatic carbocycles. The van der Waals surface area contributed by atoms with Crippen LogP contribution in [0.4, 0.5) is 0 Å². The molecule has 2 heterocycles. The van der Waals surface area contributed by atoms with Crippen LogP contribution in [0.2, 0.25) is 0 Å². The third kappa shape index (κ3) is 2.75. The summed E-state index contributed by atoms with van der Waals surface area (Å²) in [6, 6.07) is 8.30. The van der Waals surface area contributed by atoms with Crippen molar-refractivity contribution in [3.05, 3.63) is 51.2 Å². The molecule has 4 heteroatoms. The maximum absolute atomic E-state index is 12.5. The van der Waals surface area contributed by atoms with Gasteiger partial charge in [-0.2, -0.15) is 0 Å². The van der Waals surface area contributed by atoms with Crippen molar-refractivity contribution < 1.29 is 9.53 Å². The number of thiophene rings is 1. The quantitative estimate of drug-likeness (QED) is 0.860. The van der Waals surface area contributed by atoms with E-state index in [0.29, 0.717) is 0 Å². The lowest BCUT2D eigenvalue weighted by Gasteiger charge is -2.33. The molecule has 0 fully saturated rings. The Hall–Kier alpha value is -1.81. The Bertz CT molecular complexity index is 672. The molecule has 3 rings (SSSR count). The fourth-order valence-electron chi connectivity index (χ4n) is 3.09. The highest BCUT2D eigenvalue weighted by atomic mass is 32.1. The Kier molecular flexibility index (Phi) is 4.21. The summed E-state index contributed by atoms with van der Waals surface area (Å²) in [5.74, 6) is 0.892. The molecule has 3 nitrogen and oxygen atoms in total. The van der Waals surface area contributed by atoms with Gasteiger partial charge in [0.2, 0.25) is 0 Å². The molecule has 1 amide bonds. The number of ether oxygens (including phenoxy) is 1. The first-order valence-corrected chi connectivity index (χ1v) is 8.50. The molecular weight excluding hydrogens is 294 g/mol. The van der Waals surface area contributed by atoms with Gasteiger partial charge in [-0.15, -0.1) is 11.3 Å². The molecule has 0 aliphatic carbocycles. The predicted octanol–water partition coefficient (Wildman–Crippen LogP) is 3.89. The van der Waals surface area contributed by atoms with Crippen LogP contribution in [0, 0.1) is 13.8 Å². The largest absolute Gasteiger partial charge is 0.483 e. The van der Waals surface area contributed by atoms with Crippen LogP contribution >= 0.6 is 11.3 Å². The van der Waals surface area contributed by atoms with Gasteiger partial charge in [0.1, 0.15) is 5.75 Å². The van der Waals surface area contributed by atoms with E-state index in [1.54, 1.807) is 11.3 Å². The van der Waals surface area contributed by atoms with Gasteiger partial charge in [0, 0.05) is 11.4 Å². The maximum Gasteiger partial charge on any atom is 0.261 e. The zero-order valence-corrected chi connectivity index (χ0v) is 14.1. The van der Waals surface area contributed by atoms with Crippen molar-refractivity contribution in [1.29, 1.82) is 0 Å². The highest BCUT2D eigenvalue weighted by Crippen LogP contribution is 2.33. The van der Waals surface area contributed by atoms with Gasteiger partial charge >= 0.3 is 0 Å². The lowest BCUT2D eigenvalue weighted by Crippen LogP contribution is -2.40.